The summed E-state index contributed by atoms with van der Waals surface area (Å²) in [5.41, 5.74) is -1.42. The molecule has 2 aromatic carbocycles. The average Bonchev–Trinajstić information content (AvgIpc) is 2.56. The SMILES string of the molecule is COc1ccccc1O[C@H](C)C(=O)Nc1ccc(Cl)cc1C(F)(F)F. The lowest BCUT2D eigenvalue weighted by Gasteiger charge is -2.18. The topological polar surface area (TPSA) is 47.6 Å². The normalized spacial score (nSPS) is 12.4. The van der Waals surface area contributed by atoms with Crippen molar-refractivity contribution in [1.29, 1.82) is 0 Å². The van der Waals surface area contributed by atoms with E-state index < -0.39 is 29.4 Å². The molecule has 0 heterocycles. The molecule has 0 fully saturated rings. The van der Waals surface area contributed by atoms with Crippen molar-refractivity contribution in [1.82, 2.24) is 0 Å². The van der Waals surface area contributed by atoms with E-state index in [1.165, 1.54) is 20.1 Å². The predicted octanol–water partition coefficient (Wildman–Crippen LogP) is 4.77. The number of rotatable bonds is 5. The number of benzene rings is 2. The molecule has 0 spiro atoms. The van der Waals surface area contributed by atoms with Crippen LogP contribution in [0.1, 0.15) is 12.5 Å². The Labute approximate surface area is 147 Å². The fourth-order valence-electron chi connectivity index (χ4n) is 2.05. The molecule has 0 radical (unpaired) electrons. The average molecular weight is 374 g/mol. The van der Waals surface area contributed by atoms with E-state index in [-0.39, 0.29) is 5.02 Å². The van der Waals surface area contributed by atoms with Crippen LogP contribution in [0.5, 0.6) is 11.5 Å². The minimum absolute atomic E-state index is 0.0800. The highest BCUT2D eigenvalue weighted by Gasteiger charge is 2.34. The molecule has 1 amide bonds. The molecular weight excluding hydrogens is 359 g/mol. The molecule has 1 N–H and O–H groups in total. The van der Waals surface area contributed by atoms with E-state index in [1.807, 2.05) is 0 Å². The van der Waals surface area contributed by atoms with Crippen LogP contribution in [0.4, 0.5) is 18.9 Å². The molecule has 4 nitrogen and oxygen atoms in total. The van der Waals surface area contributed by atoms with Gasteiger partial charge >= 0.3 is 6.18 Å². The van der Waals surface area contributed by atoms with Gasteiger partial charge in [0.25, 0.3) is 5.91 Å². The zero-order valence-corrected chi connectivity index (χ0v) is 14.1. The van der Waals surface area contributed by atoms with Crippen LogP contribution in [0.3, 0.4) is 0 Å². The number of anilines is 1. The lowest BCUT2D eigenvalue weighted by atomic mass is 10.1. The standard InChI is InChI=1S/C17H15ClF3NO3/c1-10(25-15-6-4-3-5-14(15)24-2)16(23)22-13-8-7-11(18)9-12(13)17(19,20)21/h3-10H,1-2H3,(H,22,23)/t10-/m1/s1. The van der Waals surface area contributed by atoms with E-state index in [4.69, 9.17) is 21.1 Å². The molecule has 0 unspecified atom stereocenters. The molecule has 0 aliphatic rings. The maximum atomic E-state index is 13.1. The fourth-order valence-corrected chi connectivity index (χ4v) is 2.23. The second-order valence-electron chi connectivity index (χ2n) is 5.09. The first kappa shape index (κ1) is 18.9. The first-order valence-corrected chi connectivity index (χ1v) is 7.57. The van der Waals surface area contributed by atoms with Gasteiger partial charge in [0.1, 0.15) is 0 Å². The molecule has 0 saturated carbocycles. The number of carbonyl (C=O) groups is 1. The smallest absolute Gasteiger partial charge is 0.418 e. The molecule has 0 aromatic heterocycles. The zero-order chi connectivity index (χ0) is 18.6. The Morgan fingerprint density at radius 2 is 1.80 bits per heavy atom. The second kappa shape index (κ2) is 7.65. The number of hydrogen-bond acceptors (Lipinski definition) is 3. The zero-order valence-electron chi connectivity index (χ0n) is 13.4. The molecule has 0 aliphatic heterocycles. The van der Waals surface area contributed by atoms with Crippen LogP contribution in [-0.4, -0.2) is 19.1 Å². The van der Waals surface area contributed by atoms with E-state index in [2.05, 4.69) is 5.32 Å². The third kappa shape index (κ3) is 4.79. The quantitative estimate of drug-likeness (QED) is 0.821. The number of carbonyl (C=O) groups excluding carboxylic acids is 1. The number of para-hydroxylation sites is 2. The van der Waals surface area contributed by atoms with Gasteiger partial charge in [0.15, 0.2) is 17.6 Å². The number of ether oxygens (including phenoxy) is 2. The largest absolute Gasteiger partial charge is 0.493 e. The highest BCUT2D eigenvalue weighted by atomic mass is 35.5. The van der Waals surface area contributed by atoms with Crippen molar-refractivity contribution in [3.8, 4) is 11.5 Å². The summed E-state index contributed by atoms with van der Waals surface area (Å²) in [5.74, 6) is -0.0249. The van der Waals surface area contributed by atoms with Crippen molar-refractivity contribution in [2.75, 3.05) is 12.4 Å². The summed E-state index contributed by atoms with van der Waals surface area (Å²) in [4.78, 5) is 12.2. The van der Waals surface area contributed by atoms with E-state index in [0.717, 1.165) is 12.1 Å². The van der Waals surface area contributed by atoms with E-state index in [0.29, 0.717) is 11.5 Å². The highest BCUT2D eigenvalue weighted by Crippen LogP contribution is 2.36. The van der Waals surface area contributed by atoms with Crippen molar-refractivity contribution in [3.63, 3.8) is 0 Å². The van der Waals surface area contributed by atoms with Crippen molar-refractivity contribution in [3.05, 3.63) is 53.1 Å². The summed E-state index contributed by atoms with van der Waals surface area (Å²) in [7, 11) is 1.44. The fraction of sp³-hybridized carbons (Fsp3) is 0.235. The third-order valence-corrected chi connectivity index (χ3v) is 3.52. The Kier molecular flexibility index (Phi) is 5.79. The molecule has 134 valence electrons. The van der Waals surface area contributed by atoms with E-state index >= 15 is 0 Å². The van der Waals surface area contributed by atoms with Crippen molar-refractivity contribution in [2.45, 2.75) is 19.2 Å². The predicted molar refractivity (Wildman–Crippen MR) is 88.2 cm³/mol. The van der Waals surface area contributed by atoms with Gasteiger partial charge in [-0.25, -0.2) is 0 Å². The Hall–Kier alpha value is -2.41. The van der Waals surface area contributed by atoms with Crippen molar-refractivity contribution >= 4 is 23.2 Å². The van der Waals surface area contributed by atoms with Crippen LogP contribution in [-0.2, 0) is 11.0 Å². The van der Waals surface area contributed by atoms with Crippen LogP contribution in [0.15, 0.2) is 42.5 Å². The minimum atomic E-state index is -4.65. The Morgan fingerprint density at radius 1 is 1.16 bits per heavy atom. The molecule has 0 aliphatic carbocycles. The first-order chi connectivity index (χ1) is 11.7. The van der Waals surface area contributed by atoms with Crippen LogP contribution in [0.2, 0.25) is 5.02 Å². The van der Waals surface area contributed by atoms with Crippen LogP contribution in [0.25, 0.3) is 0 Å². The summed E-state index contributed by atoms with van der Waals surface area (Å²) < 4.78 is 49.8. The summed E-state index contributed by atoms with van der Waals surface area (Å²) in [6, 6.07) is 9.75. The number of nitrogens with one attached hydrogen (secondary N) is 1. The summed E-state index contributed by atoms with van der Waals surface area (Å²) in [5, 5.41) is 2.14. The van der Waals surface area contributed by atoms with E-state index in [1.54, 1.807) is 24.3 Å². The van der Waals surface area contributed by atoms with Gasteiger partial charge in [0, 0.05) is 5.02 Å². The van der Waals surface area contributed by atoms with Gasteiger partial charge < -0.3 is 14.8 Å². The number of methoxy groups -OCH3 is 1. The Balaban J connectivity index is 2.17. The van der Waals surface area contributed by atoms with Gasteiger partial charge in [-0.15, -0.1) is 0 Å². The number of amides is 1. The van der Waals surface area contributed by atoms with E-state index in [9.17, 15) is 18.0 Å². The lowest BCUT2D eigenvalue weighted by molar-refractivity contribution is -0.137. The Bertz CT molecular complexity index is 765. The van der Waals surface area contributed by atoms with Crippen LogP contribution >= 0.6 is 11.6 Å². The van der Waals surface area contributed by atoms with Gasteiger partial charge in [-0.2, -0.15) is 13.2 Å². The number of halogens is 4. The molecule has 0 saturated heterocycles. The number of hydrogen-bond donors (Lipinski definition) is 1. The molecule has 0 bridgehead atoms. The summed E-state index contributed by atoms with van der Waals surface area (Å²) in [6.07, 6.45) is -5.70. The van der Waals surface area contributed by atoms with Gasteiger partial charge in [-0.1, -0.05) is 23.7 Å². The highest BCUT2D eigenvalue weighted by molar-refractivity contribution is 6.30. The Morgan fingerprint density at radius 3 is 2.40 bits per heavy atom. The lowest BCUT2D eigenvalue weighted by Crippen LogP contribution is -2.31. The van der Waals surface area contributed by atoms with Crippen LogP contribution in [0, 0.1) is 0 Å². The second-order valence-corrected chi connectivity index (χ2v) is 5.52. The van der Waals surface area contributed by atoms with Gasteiger partial charge in [0.05, 0.1) is 18.4 Å². The maximum absolute atomic E-state index is 13.1. The maximum Gasteiger partial charge on any atom is 0.418 e. The molecule has 25 heavy (non-hydrogen) atoms. The van der Waals surface area contributed by atoms with Crippen LogP contribution < -0.4 is 14.8 Å². The third-order valence-electron chi connectivity index (χ3n) is 3.29. The molecule has 2 rings (SSSR count). The first-order valence-electron chi connectivity index (χ1n) is 7.19. The van der Waals surface area contributed by atoms with Gasteiger partial charge in [-0.3, -0.25) is 4.79 Å². The van der Waals surface area contributed by atoms with Crippen molar-refractivity contribution < 1.29 is 27.4 Å². The monoisotopic (exact) mass is 373 g/mol. The molecular formula is C17H15ClF3NO3. The molecule has 1 atom stereocenters. The molecule has 8 heteroatoms. The molecule has 2 aromatic rings. The summed E-state index contributed by atoms with van der Waals surface area (Å²) >= 11 is 5.61. The summed E-state index contributed by atoms with van der Waals surface area (Å²) in [6.45, 7) is 1.42. The minimum Gasteiger partial charge on any atom is -0.493 e. The van der Waals surface area contributed by atoms with Crippen molar-refractivity contribution in [2.24, 2.45) is 0 Å². The van der Waals surface area contributed by atoms with Gasteiger partial charge in [-0.05, 0) is 37.3 Å². The number of alkyl halides is 3. The van der Waals surface area contributed by atoms with Gasteiger partial charge in [0.2, 0.25) is 0 Å².